The monoisotopic (exact) mass is 604 g/mol. The number of nitrogens with zero attached hydrogens (tertiary/aromatic N) is 3. The molecule has 234 valence electrons. The van der Waals surface area contributed by atoms with Gasteiger partial charge in [0.1, 0.15) is 4.83 Å². The van der Waals surface area contributed by atoms with Gasteiger partial charge in [0.15, 0.2) is 0 Å². The number of rotatable bonds is 10. The number of thiophene rings is 1. The van der Waals surface area contributed by atoms with Crippen LogP contribution in [0.15, 0.2) is 24.3 Å². The van der Waals surface area contributed by atoms with Gasteiger partial charge in [-0.2, -0.15) is 0 Å². The third-order valence-corrected chi connectivity index (χ3v) is 12.2. The third kappa shape index (κ3) is 5.95. The zero-order valence-corrected chi connectivity index (χ0v) is 28.1. The van der Waals surface area contributed by atoms with Gasteiger partial charge in [0.25, 0.3) is 0 Å². The molecule has 6 rings (SSSR count). The first kappa shape index (κ1) is 30.8. The van der Waals surface area contributed by atoms with Crippen LogP contribution in [0.25, 0.3) is 21.5 Å². The molecular weight excluding hydrogens is 552 g/mol. The topological polar surface area (TPSA) is 62.8 Å². The average Bonchev–Trinajstić information content (AvgIpc) is 3.75. The first-order valence-corrected chi connectivity index (χ1v) is 17.6. The van der Waals surface area contributed by atoms with Crippen LogP contribution in [-0.2, 0) is 16.6 Å². The van der Waals surface area contributed by atoms with Gasteiger partial charge in [-0.25, -0.2) is 0 Å². The molecule has 0 saturated carbocycles. The van der Waals surface area contributed by atoms with Gasteiger partial charge in [-0.15, -0.1) is 11.3 Å². The van der Waals surface area contributed by atoms with Crippen LogP contribution in [-0.4, -0.2) is 87.7 Å². The fourth-order valence-electron chi connectivity index (χ4n) is 8.12. The predicted octanol–water partition coefficient (Wildman–Crippen LogP) is 6.66. The molecule has 2 bridgehead atoms. The molecule has 1 amide bonds. The number of aliphatic hydroxyl groups is 1. The standard InChI is InChI=1S/C36H52N4O2S/c1-7-38(8-2)23-36(42)14-17-39(18-15-36)16-13-29-30-22-31(35(5,6)34(41)40-27-9-10-28(40)12-11-27)43-33(30)37-32(29)26-20-24(3)19-25(4)21-26/h19-22,27-28,37,42H,7-18,23H2,1-6H3. The van der Waals surface area contributed by atoms with Crippen molar-refractivity contribution in [2.45, 2.75) is 110 Å². The normalized spacial score (nSPS) is 22.4. The molecule has 6 nitrogen and oxygen atoms in total. The van der Waals surface area contributed by atoms with Crippen molar-refractivity contribution < 1.29 is 9.90 Å². The van der Waals surface area contributed by atoms with E-state index < -0.39 is 11.0 Å². The number of carbonyl (C=O) groups excluding carboxylic acids is 1. The number of nitrogens with one attached hydrogen (secondary N) is 1. The molecule has 3 saturated heterocycles. The van der Waals surface area contributed by atoms with Crippen LogP contribution in [0.2, 0.25) is 0 Å². The fraction of sp³-hybridized carbons (Fsp3) is 0.639. The van der Waals surface area contributed by atoms with E-state index in [0.717, 1.165) is 63.4 Å². The Labute approximate surface area is 262 Å². The maximum absolute atomic E-state index is 14.0. The van der Waals surface area contributed by atoms with Crippen molar-refractivity contribution in [1.29, 1.82) is 0 Å². The summed E-state index contributed by atoms with van der Waals surface area (Å²) in [7, 11) is 0. The highest BCUT2D eigenvalue weighted by Crippen LogP contribution is 2.44. The van der Waals surface area contributed by atoms with Crippen LogP contribution < -0.4 is 0 Å². The van der Waals surface area contributed by atoms with E-state index in [1.54, 1.807) is 11.3 Å². The summed E-state index contributed by atoms with van der Waals surface area (Å²) in [4.78, 5) is 27.3. The van der Waals surface area contributed by atoms with Crippen LogP contribution in [0.1, 0.15) is 87.8 Å². The number of likely N-dealkylation sites (tertiary alicyclic amines) is 1. The maximum Gasteiger partial charge on any atom is 0.233 e. The fourth-order valence-corrected chi connectivity index (χ4v) is 9.31. The highest BCUT2D eigenvalue weighted by Gasteiger charge is 2.47. The molecule has 2 aromatic heterocycles. The average molecular weight is 605 g/mol. The van der Waals surface area contributed by atoms with Gasteiger partial charge in [-0.05, 0) is 115 Å². The Morgan fingerprint density at radius 2 is 1.63 bits per heavy atom. The number of fused-ring (bicyclic) bond motifs is 3. The molecule has 0 atom stereocenters. The number of piperidine rings is 1. The lowest BCUT2D eigenvalue weighted by atomic mass is 9.88. The van der Waals surface area contributed by atoms with E-state index in [2.05, 4.69) is 85.5 Å². The minimum Gasteiger partial charge on any atom is -0.388 e. The van der Waals surface area contributed by atoms with Gasteiger partial charge in [-0.1, -0.05) is 31.0 Å². The molecule has 0 unspecified atom stereocenters. The zero-order chi connectivity index (χ0) is 30.5. The SMILES string of the molecule is CCN(CC)CC1(O)CCN(CCc2c(-c3cc(C)cc(C)c3)[nH]c3sc(C(C)(C)C(=O)N4C5CCC4CC5)cc23)CC1. The van der Waals surface area contributed by atoms with Crippen molar-refractivity contribution in [2.75, 3.05) is 39.3 Å². The summed E-state index contributed by atoms with van der Waals surface area (Å²) < 4.78 is 0. The van der Waals surface area contributed by atoms with Crippen LogP contribution >= 0.6 is 11.3 Å². The van der Waals surface area contributed by atoms with E-state index in [4.69, 9.17) is 0 Å². The third-order valence-electron chi connectivity index (χ3n) is 10.8. The van der Waals surface area contributed by atoms with Crippen molar-refractivity contribution in [1.82, 2.24) is 19.7 Å². The molecule has 1 aromatic carbocycles. The van der Waals surface area contributed by atoms with Crippen molar-refractivity contribution in [3.63, 3.8) is 0 Å². The van der Waals surface area contributed by atoms with Gasteiger partial charge < -0.3 is 24.8 Å². The summed E-state index contributed by atoms with van der Waals surface area (Å²) in [6, 6.07) is 10.0. The Bertz CT molecular complexity index is 1420. The number of likely N-dealkylation sites (N-methyl/N-ethyl adjacent to an activating group) is 1. The Balaban J connectivity index is 1.26. The lowest BCUT2D eigenvalue weighted by molar-refractivity contribution is -0.137. The molecule has 3 aromatic rings. The summed E-state index contributed by atoms with van der Waals surface area (Å²) in [6.45, 7) is 18.5. The van der Waals surface area contributed by atoms with Crippen molar-refractivity contribution in [2.24, 2.45) is 0 Å². The van der Waals surface area contributed by atoms with Gasteiger partial charge in [0, 0.05) is 48.5 Å². The van der Waals surface area contributed by atoms with E-state index in [9.17, 15) is 9.90 Å². The molecule has 0 spiro atoms. The lowest BCUT2D eigenvalue weighted by Gasteiger charge is -2.40. The zero-order valence-electron chi connectivity index (χ0n) is 27.3. The smallest absolute Gasteiger partial charge is 0.233 e. The van der Waals surface area contributed by atoms with Gasteiger partial charge in [0.05, 0.1) is 16.7 Å². The van der Waals surface area contributed by atoms with Gasteiger partial charge in [0.2, 0.25) is 5.91 Å². The molecule has 3 fully saturated rings. The van der Waals surface area contributed by atoms with Crippen molar-refractivity contribution in [3.05, 3.63) is 45.8 Å². The molecule has 5 heterocycles. The Morgan fingerprint density at radius 3 is 2.21 bits per heavy atom. The lowest BCUT2D eigenvalue weighted by Crippen LogP contribution is -2.51. The van der Waals surface area contributed by atoms with E-state index in [0.29, 0.717) is 18.0 Å². The summed E-state index contributed by atoms with van der Waals surface area (Å²) in [5, 5.41) is 12.6. The molecule has 3 aliphatic rings. The van der Waals surface area contributed by atoms with Crippen LogP contribution in [0.5, 0.6) is 0 Å². The van der Waals surface area contributed by atoms with Crippen molar-refractivity contribution in [3.8, 4) is 11.3 Å². The minimum absolute atomic E-state index is 0.308. The summed E-state index contributed by atoms with van der Waals surface area (Å²) in [5.74, 6) is 0.308. The molecule has 2 N–H and O–H groups in total. The first-order chi connectivity index (χ1) is 20.5. The summed E-state index contributed by atoms with van der Waals surface area (Å²) >= 11 is 1.77. The van der Waals surface area contributed by atoms with Gasteiger partial charge in [-0.3, -0.25) is 4.79 Å². The number of H-pyrrole nitrogens is 1. The molecule has 43 heavy (non-hydrogen) atoms. The Morgan fingerprint density at radius 1 is 1.02 bits per heavy atom. The number of amides is 1. The van der Waals surface area contributed by atoms with E-state index >= 15 is 0 Å². The maximum atomic E-state index is 14.0. The second-order valence-electron chi connectivity index (χ2n) is 14.3. The summed E-state index contributed by atoms with van der Waals surface area (Å²) in [5.41, 5.74) is 5.25. The number of benzene rings is 1. The van der Waals surface area contributed by atoms with E-state index in [1.165, 1.54) is 63.8 Å². The Hall–Kier alpha value is -2.19. The van der Waals surface area contributed by atoms with E-state index in [1.807, 2.05) is 0 Å². The van der Waals surface area contributed by atoms with E-state index in [-0.39, 0.29) is 0 Å². The van der Waals surface area contributed by atoms with Crippen molar-refractivity contribution >= 4 is 27.5 Å². The van der Waals surface area contributed by atoms with Crippen LogP contribution in [0.4, 0.5) is 0 Å². The number of aromatic amines is 1. The number of carbonyl (C=O) groups is 1. The molecule has 0 aliphatic carbocycles. The molecular formula is C36H52N4O2S. The second kappa shape index (κ2) is 12.0. The molecule has 7 heteroatoms. The second-order valence-corrected chi connectivity index (χ2v) is 15.3. The molecule has 0 radical (unpaired) electrons. The quantitative estimate of drug-likeness (QED) is 0.272. The number of aromatic nitrogens is 1. The predicted molar refractivity (Wildman–Crippen MR) is 179 cm³/mol. The summed E-state index contributed by atoms with van der Waals surface area (Å²) in [6.07, 6.45) is 7.28. The first-order valence-electron chi connectivity index (χ1n) is 16.7. The van der Waals surface area contributed by atoms with Gasteiger partial charge >= 0.3 is 0 Å². The number of hydrogen-bond donors (Lipinski definition) is 2. The van der Waals surface area contributed by atoms with Crippen LogP contribution in [0, 0.1) is 13.8 Å². The minimum atomic E-state index is -0.580. The highest BCUT2D eigenvalue weighted by atomic mass is 32.1. The number of hydrogen-bond acceptors (Lipinski definition) is 5. The van der Waals surface area contributed by atoms with Crippen LogP contribution in [0.3, 0.4) is 0 Å². The Kier molecular flexibility index (Phi) is 8.57. The highest BCUT2D eigenvalue weighted by molar-refractivity contribution is 7.19. The largest absolute Gasteiger partial charge is 0.388 e. The number of aryl methyl sites for hydroxylation is 2. The molecule has 3 aliphatic heterocycles.